The first-order valence-corrected chi connectivity index (χ1v) is 10.9. The number of hydrogen-bond acceptors (Lipinski definition) is 5. The van der Waals surface area contributed by atoms with Crippen LogP contribution in [0.3, 0.4) is 0 Å². The molecule has 0 aliphatic carbocycles. The lowest BCUT2D eigenvalue weighted by atomic mass is 9.98. The number of aromatic nitrogens is 1. The van der Waals surface area contributed by atoms with Crippen LogP contribution in [0.4, 0.5) is 5.69 Å². The summed E-state index contributed by atoms with van der Waals surface area (Å²) in [5.41, 5.74) is 8.98. The summed E-state index contributed by atoms with van der Waals surface area (Å²) in [7, 11) is -0.331. The van der Waals surface area contributed by atoms with Crippen LogP contribution in [0.1, 0.15) is 34.8 Å². The largest absolute Gasteiger partial charge is 0.369 e. The molecule has 26 heavy (non-hydrogen) atoms. The predicted octanol–water partition coefficient (Wildman–Crippen LogP) is 2.30. The Hall–Kier alpha value is -1.74. The zero-order valence-electron chi connectivity index (χ0n) is 14.9. The molecule has 0 atom stereocenters. The number of benzene rings is 1. The van der Waals surface area contributed by atoms with Gasteiger partial charge in [-0.3, -0.25) is 13.9 Å². The Bertz CT molecular complexity index is 836. The number of H-pyrrole nitrogens is 1. The van der Waals surface area contributed by atoms with E-state index < -0.39 is 16.5 Å². The molecule has 142 valence electrons. The molecule has 0 bridgehead atoms. The molecule has 2 aliphatic rings. The van der Waals surface area contributed by atoms with Crippen molar-refractivity contribution < 1.29 is 13.9 Å². The average molecular weight is 378 g/mol. The molecule has 2 saturated heterocycles. The summed E-state index contributed by atoms with van der Waals surface area (Å²) in [5, 5.41) is 4.29. The van der Waals surface area contributed by atoms with Gasteiger partial charge >= 0.3 is 0 Å². The Kier molecular flexibility index (Phi) is 4.38. The van der Waals surface area contributed by atoms with Crippen molar-refractivity contribution in [3.8, 4) is 0 Å². The van der Waals surface area contributed by atoms with Crippen molar-refractivity contribution in [3.05, 3.63) is 29.5 Å². The number of anilines is 1. The van der Waals surface area contributed by atoms with Crippen LogP contribution in [0.25, 0.3) is 10.9 Å². The highest BCUT2D eigenvalue weighted by molar-refractivity contribution is 8.24. The molecule has 1 aromatic heterocycles. The molecule has 2 aromatic rings. The standard InChI is InChI=1S/C18H26N4O3S/c1-22(12-9-20-10-12)16-3-2-13(18(19)23)17-14(16)8-15(21-17)11-4-6-26(24,25)7-5-11/h2-3,8,11-12,20-21,24-25H,4-7,9-10H2,1H3,(H2,19,23). The van der Waals surface area contributed by atoms with Crippen molar-refractivity contribution >= 4 is 33.1 Å². The van der Waals surface area contributed by atoms with Gasteiger partial charge in [-0.15, -0.1) is 0 Å². The van der Waals surface area contributed by atoms with Gasteiger partial charge in [0.05, 0.1) is 17.1 Å². The monoisotopic (exact) mass is 378 g/mol. The maximum atomic E-state index is 11.9. The molecule has 0 radical (unpaired) electrons. The first-order chi connectivity index (χ1) is 12.4. The Balaban J connectivity index is 1.74. The smallest absolute Gasteiger partial charge is 0.250 e. The van der Waals surface area contributed by atoms with Gasteiger partial charge < -0.3 is 20.9 Å². The second-order valence-corrected chi connectivity index (χ2v) is 9.84. The molecule has 1 aromatic carbocycles. The van der Waals surface area contributed by atoms with Crippen molar-refractivity contribution in [2.45, 2.75) is 24.8 Å². The van der Waals surface area contributed by atoms with Crippen molar-refractivity contribution in [3.63, 3.8) is 0 Å². The molecule has 0 unspecified atom stereocenters. The van der Waals surface area contributed by atoms with Crippen molar-refractivity contribution in [1.82, 2.24) is 10.3 Å². The van der Waals surface area contributed by atoms with E-state index in [1.165, 1.54) is 0 Å². The lowest BCUT2D eigenvalue weighted by Gasteiger charge is -2.39. The number of carbonyl (C=O) groups is 1. The van der Waals surface area contributed by atoms with Crippen molar-refractivity contribution in [2.24, 2.45) is 5.73 Å². The minimum atomic E-state index is -2.41. The molecule has 7 nitrogen and oxygen atoms in total. The number of likely N-dealkylation sites (N-methyl/N-ethyl adjacent to an activating group) is 1. The maximum absolute atomic E-state index is 11.9. The number of primary amides is 1. The van der Waals surface area contributed by atoms with Gasteiger partial charge in [0.2, 0.25) is 0 Å². The summed E-state index contributed by atoms with van der Waals surface area (Å²) in [5.74, 6) is 0.680. The highest BCUT2D eigenvalue weighted by atomic mass is 32.3. The topological polar surface area (TPSA) is 115 Å². The number of carbonyl (C=O) groups excluding carboxylic acids is 1. The summed E-state index contributed by atoms with van der Waals surface area (Å²) in [6.07, 6.45) is 1.47. The molecule has 0 spiro atoms. The van der Waals surface area contributed by atoms with Gasteiger partial charge in [0.15, 0.2) is 0 Å². The van der Waals surface area contributed by atoms with Gasteiger partial charge in [0.1, 0.15) is 0 Å². The van der Waals surface area contributed by atoms with Gasteiger partial charge in [-0.1, -0.05) is 0 Å². The number of fused-ring (bicyclic) bond motifs is 1. The van der Waals surface area contributed by atoms with E-state index in [4.69, 9.17) is 5.73 Å². The third-order valence-electron chi connectivity index (χ3n) is 5.77. The molecule has 3 heterocycles. The van der Waals surface area contributed by atoms with E-state index in [-0.39, 0.29) is 5.92 Å². The van der Waals surface area contributed by atoms with Gasteiger partial charge in [-0.05, 0) is 31.0 Å². The lowest BCUT2D eigenvalue weighted by molar-refractivity contribution is 0.100. The Morgan fingerprint density at radius 2 is 1.96 bits per heavy atom. The molecule has 4 rings (SSSR count). The van der Waals surface area contributed by atoms with E-state index >= 15 is 0 Å². The van der Waals surface area contributed by atoms with Crippen molar-refractivity contribution in [1.29, 1.82) is 0 Å². The molecule has 0 saturated carbocycles. The van der Waals surface area contributed by atoms with E-state index in [2.05, 4.69) is 28.3 Å². The maximum Gasteiger partial charge on any atom is 0.250 e. The number of nitrogens with zero attached hydrogens (tertiary/aromatic N) is 1. The highest BCUT2D eigenvalue weighted by Crippen LogP contribution is 2.48. The number of hydrogen-bond donors (Lipinski definition) is 5. The Labute approximate surface area is 154 Å². The minimum absolute atomic E-state index is 0.242. The fourth-order valence-corrected chi connectivity index (χ4v) is 5.45. The number of amides is 1. The van der Waals surface area contributed by atoms with E-state index in [1.54, 1.807) is 6.07 Å². The fourth-order valence-electron chi connectivity index (χ4n) is 3.92. The zero-order chi connectivity index (χ0) is 18.5. The molecule has 2 aliphatic heterocycles. The summed E-state index contributed by atoms with van der Waals surface area (Å²) in [4.78, 5) is 17.5. The number of rotatable bonds is 4. The minimum Gasteiger partial charge on any atom is -0.369 e. The summed E-state index contributed by atoms with van der Waals surface area (Å²) in [6, 6.07) is 6.32. The molecule has 1 amide bonds. The first-order valence-electron chi connectivity index (χ1n) is 8.98. The Morgan fingerprint density at radius 1 is 1.27 bits per heavy atom. The third kappa shape index (κ3) is 3.07. The van der Waals surface area contributed by atoms with Gasteiger partial charge in [-0.2, -0.15) is 10.6 Å². The van der Waals surface area contributed by atoms with Crippen LogP contribution in [0.5, 0.6) is 0 Å². The summed E-state index contributed by atoms with van der Waals surface area (Å²) < 4.78 is 19.7. The average Bonchev–Trinajstić information content (AvgIpc) is 2.96. The SMILES string of the molecule is CN(c1ccc(C(N)=O)c2[nH]c(C3CCS(O)(O)CC3)cc12)C1CNC1. The highest BCUT2D eigenvalue weighted by Gasteiger charge is 2.28. The number of nitrogens with one attached hydrogen (secondary N) is 2. The molecular formula is C18H26N4O3S. The normalized spacial score (nSPS) is 22.1. The van der Waals surface area contributed by atoms with Crippen LogP contribution in [0.15, 0.2) is 18.2 Å². The van der Waals surface area contributed by atoms with Gasteiger partial charge in [0.25, 0.3) is 5.91 Å². The van der Waals surface area contributed by atoms with Crippen LogP contribution < -0.4 is 16.0 Å². The Morgan fingerprint density at radius 3 is 2.54 bits per heavy atom. The molecule has 2 fully saturated rings. The van der Waals surface area contributed by atoms with E-state index in [0.717, 1.165) is 48.2 Å². The fraction of sp³-hybridized carbons (Fsp3) is 0.500. The van der Waals surface area contributed by atoms with Crippen LogP contribution in [-0.4, -0.2) is 57.7 Å². The van der Waals surface area contributed by atoms with E-state index in [1.807, 2.05) is 6.07 Å². The number of nitrogens with two attached hydrogens (primary N) is 1. The quantitative estimate of drug-likeness (QED) is 0.560. The first kappa shape index (κ1) is 17.7. The molecule has 8 heteroatoms. The second-order valence-electron chi connectivity index (χ2n) is 7.42. The van der Waals surface area contributed by atoms with Crippen LogP contribution in [0.2, 0.25) is 0 Å². The zero-order valence-corrected chi connectivity index (χ0v) is 15.7. The lowest BCUT2D eigenvalue weighted by Crippen LogP contribution is -2.56. The van der Waals surface area contributed by atoms with E-state index in [0.29, 0.717) is 23.1 Å². The number of aromatic amines is 1. The summed E-state index contributed by atoms with van der Waals surface area (Å²) in [6.45, 7) is 1.90. The molecule has 6 N–H and O–H groups in total. The summed E-state index contributed by atoms with van der Waals surface area (Å²) >= 11 is 0. The second kappa shape index (κ2) is 6.45. The van der Waals surface area contributed by atoms with Gasteiger partial charge in [-0.25, -0.2) is 0 Å². The molecular weight excluding hydrogens is 352 g/mol. The van der Waals surface area contributed by atoms with Crippen LogP contribution in [-0.2, 0) is 0 Å². The predicted molar refractivity (Wildman–Crippen MR) is 106 cm³/mol. The van der Waals surface area contributed by atoms with Crippen molar-refractivity contribution in [2.75, 3.05) is 36.5 Å². The van der Waals surface area contributed by atoms with Gasteiger partial charge in [0, 0.05) is 54.3 Å². The third-order valence-corrected chi connectivity index (χ3v) is 7.55. The van der Waals surface area contributed by atoms with Crippen LogP contribution in [0, 0.1) is 0 Å². The van der Waals surface area contributed by atoms with Crippen LogP contribution >= 0.6 is 10.6 Å². The van der Waals surface area contributed by atoms with E-state index in [9.17, 15) is 13.9 Å².